The van der Waals surface area contributed by atoms with Gasteiger partial charge >= 0.3 is 0 Å². The van der Waals surface area contributed by atoms with Gasteiger partial charge in [0.25, 0.3) is 5.91 Å². The zero-order valence-corrected chi connectivity index (χ0v) is 15.2. The van der Waals surface area contributed by atoms with Crippen molar-refractivity contribution in [1.29, 1.82) is 0 Å². The number of hydrogen-bond acceptors (Lipinski definition) is 5. The summed E-state index contributed by atoms with van der Waals surface area (Å²) in [5.41, 5.74) is 2.66. The largest absolute Gasteiger partial charge is 0.488 e. The molecule has 0 radical (unpaired) electrons. The second-order valence-electron chi connectivity index (χ2n) is 6.05. The van der Waals surface area contributed by atoms with E-state index in [1.807, 2.05) is 30.3 Å². The van der Waals surface area contributed by atoms with Crippen LogP contribution in [0.3, 0.4) is 0 Å². The summed E-state index contributed by atoms with van der Waals surface area (Å²) in [7, 11) is 0. The Morgan fingerprint density at radius 1 is 1.19 bits per heavy atom. The minimum absolute atomic E-state index is 0.170. The summed E-state index contributed by atoms with van der Waals surface area (Å²) in [6.07, 6.45) is 3.41. The highest BCUT2D eigenvalue weighted by Gasteiger charge is 2.22. The minimum Gasteiger partial charge on any atom is -0.488 e. The van der Waals surface area contributed by atoms with Gasteiger partial charge in [-0.3, -0.25) is 14.6 Å². The van der Waals surface area contributed by atoms with E-state index in [0.717, 1.165) is 21.8 Å². The number of amides is 2. The lowest BCUT2D eigenvalue weighted by Crippen LogP contribution is -2.27. The SMILES string of the molecule is O=C(CCNC(=O)c1cc2c(s1)-c1ccccc1OC2)Nc1cccnc1. The molecule has 4 rings (SSSR count). The van der Waals surface area contributed by atoms with Gasteiger partial charge in [-0.05, 0) is 30.3 Å². The third-order valence-electron chi connectivity index (χ3n) is 4.13. The molecule has 2 aromatic heterocycles. The van der Waals surface area contributed by atoms with Crippen molar-refractivity contribution in [3.05, 3.63) is 65.3 Å². The summed E-state index contributed by atoms with van der Waals surface area (Å²) in [6, 6.07) is 13.2. The van der Waals surface area contributed by atoms with E-state index in [0.29, 0.717) is 17.2 Å². The van der Waals surface area contributed by atoms with Crippen molar-refractivity contribution in [2.45, 2.75) is 13.0 Å². The van der Waals surface area contributed by atoms with Crippen LogP contribution in [0.4, 0.5) is 5.69 Å². The van der Waals surface area contributed by atoms with Crippen molar-refractivity contribution in [1.82, 2.24) is 10.3 Å². The fourth-order valence-electron chi connectivity index (χ4n) is 2.85. The first-order valence-corrected chi connectivity index (χ1v) is 9.35. The second kappa shape index (κ2) is 7.59. The van der Waals surface area contributed by atoms with Crippen molar-refractivity contribution >= 4 is 28.8 Å². The molecule has 2 amide bonds. The van der Waals surface area contributed by atoms with Gasteiger partial charge in [0.1, 0.15) is 12.4 Å². The molecular weight excluding hydrogens is 362 g/mol. The molecule has 7 heteroatoms. The van der Waals surface area contributed by atoms with Gasteiger partial charge in [-0.2, -0.15) is 0 Å². The topological polar surface area (TPSA) is 80.3 Å². The Morgan fingerprint density at radius 2 is 2.07 bits per heavy atom. The summed E-state index contributed by atoms with van der Waals surface area (Å²) < 4.78 is 5.73. The van der Waals surface area contributed by atoms with Crippen LogP contribution >= 0.6 is 11.3 Å². The number of thiophene rings is 1. The van der Waals surface area contributed by atoms with E-state index in [4.69, 9.17) is 4.74 Å². The van der Waals surface area contributed by atoms with Crippen LogP contribution < -0.4 is 15.4 Å². The predicted molar refractivity (Wildman–Crippen MR) is 104 cm³/mol. The standard InChI is InChI=1S/C20H17N3O3S/c24-18(23-14-4-3-8-21-11-14)7-9-22-20(25)17-10-13-12-26-16-6-2-1-5-15(16)19(13)27-17/h1-6,8,10-11H,7,9,12H2,(H,22,25)(H,23,24). The van der Waals surface area contributed by atoms with Crippen LogP contribution in [0.15, 0.2) is 54.9 Å². The van der Waals surface area contributed by atoms with Gasteiger partial charge in [-0.15, -0.1) is 11.3 Å². The molecule has 0 bridgehead atoms. The average Bonchev–Trinajstić information content (AvgIpc) is 3.14. The molecule has 0 fully saturated rings. The minimum atomic E-state index is -0.180. The molecule has 0 unspecified atom stereocenters. The molecule has 1 aromatic carbocycles. The van der Waals surface area contributed by atoms with E-state index in [2.05, 4.69) is 15.6 Å². The highest BCUT2D eigenvalue weighted by molar-refractivity contribution is 7.17. The number of fused-ring (bicyclic) bond motifs is 3. The van der Waals surface area contributed by atoms with Crippen molar-refractivity contribution in [3.63, 3.8) is 0 Å². The molecule has 3 heterocycles. The van der Waals surface area contributed by atoms with Gasteiger partial charge < -0.3 is 15.4 Å². The lowest BCUT2D eigenvalue weighted by Gasteiger charge is -2.16. The number of carbonyl (C=O) groups excluding carboxylic acids is 2. The summed E-state index contributed by atoms with van der Waals surface area (Å²) in [4.78, 5) is 30.0. The Morgan fingerprint density at radius 3 is 2.93 bits per heavy atom. The second-order valence-corrected chi connectivity index (χ2v) is 7.10. The van der Waals surface area contributed by atoms with E-state index in [-0.39, 0.29) is 24.8 Å². The molecule has 6 nitrogen and oxygen atoms in total. The molecule has 3 aromatic rings. The Labute approximate surface area is 160 Å². The molecule has 1 aliphatic heterocycles. The number of nitrogens with one attached hydrogen (secondary N) is 2. The Kier molecular flexibility index (Phi) is 4.84. The van der Waals surface area contributed by atoms with Crippen LogP contribution in [0.5, 0.6) is 5.75 Å². The summed E-state index contributed by atoms with van der Waals surface area (Å²) in [6.45, 7) is 0.726. The number of para-hydroxylation sites is 1. The number of hydrogen-bond donors (Lipinski definition) is 2. The Balaban J connectivity index is 1.35. The molecular formula is C20H17N3O3S. The van der Waals surface area contributed by atoms with Gasteiger partial charge in [0.15, 0.2) is 0 Å². The van der Waals surface area contributed by atoms with Crippen LogP contribution in [0.25, 0.3) is 10.4 Å². The normalized spacial score (nSPS) is 11.7. The number of nitrogens with zero attached hydrogens (tertiary/aromatic N) is 1. The molecule has 27 heavy (non-hydrogen) atoms. The fourth-order valence-corrected chi connectivity index (χ4v) is 3.96. The Hall–Kier alpha value is -3.19. The molecule has 0 aliphatic carbocycles. The number of pyridine rings is 1. The zero-order chi connectivity index (χ0) is 18.6. The van der Waals surface area contributed by atoms with Crippen LogP contribution in [0.2, 0.25) is 0 Å². The smallest absolute Gasteiger partial charge is 0.261 e. The van der Waals surface area contributed by atoms with E-state index in [9.17, 15) is 9.59 Å². The highest BCUT2D eigenvalue weighted by atomic mass is 32.1. The van der Waals surface area contributed by atoms with Gasteiger partial charge in [-0.1, -0.05) is 12.1 Å². The molecule has 0 spiro atoms. The number of ether oxygens (including phenoxy) is 1. The monoisotopic (exact) mass is 379 g/mol. The zero-order valence-electron chi connectivity index (χ0n) is 14.4. The number of benzene rings is 1. The van der Waals surface area contributed by atoms with E-state index < -0.39 is 0 Å². The van der Waals surface area contributed by atoms with Crippen LogP contribution in [-0.4, -0.2) is 23.3 Å². The number of rotatable bonds is 5. The highest BCUT2D eigenvalue weighted by Crippen LogP contribution is 2.42. The first-order valence-electron chi connectivity index (χ1n) is 8.54. The third-order valence-corrected chi connectivity index (χ3v) is 5.34. The number of aromatic nitrogens is 1. The molecule has 1 aliphatic rings. The van der Waals surface area contributed by atoms with Crippen LogP contribution in [-0.2, 0) is 11.4 Å². The van der Waals surface area contributed by atoms with Crippen LogP contribution in [0.1, 0.15) is 21.7 Å². The first kappa shape index (κ1) is 17.2. The number of carbonyl (C=O) groups is 2. The molecule has 0 atom stereocenters. The van der Waals surface area contributed by atoms with Crippen molar-refractivity contribution in [2.24, 2.45) is 0 Å². The van der Waals surface area contributed by atoms with Gasteiger partial charge in [-0.25, -0.2) is 0 Å². The lowest BCUT2D eigenvalue weighted by molar-refractivity contribution is -0.116. The maximum atomic E-state index is 12.4. The van der Waals surface area contributed by atoms with Gasteiger partial charge in [0, 0.05) is 35.2 Å². The maximum Gasteiger partial charge on any atom is 0.261 e. The molecule has 0 saturated heterocycles. The average molecular weight is 379 g/mol. The van der Waals surface area contributed by atoms with Crippen LogP contribution in [0, 0.1) is 0 Å². The quantitative estimate of drug-likeness (QED) is 0.711. The van der Waals surface area contributed by atoms with Gasteiger partial charge in [0.05, 0.1) is 16.8 Å². The molecule has 0 saturated carbocycles. The Bertz CT molecular complexity index is 985. The summed E-state index contributed by atoms with van der Waals surface area (Å²) in [5, 5.41) is 5.54. The maximum absolute atomic E-state index is 12.4. The molecule has 2 N–H and O–H groups in total. The van der Waals surface area contributed by atoms with E-state index in [1.54, 1.807) is 24.5 Å². The first-order chi connectivity index (χ1) is 13.2. The predicted octanol–water partition coefficient (Wildman–Crippen LogP) is 3.46. The lowest BCUT2D eigenvalue weighted by atomic mass is 10.1. The van der Waals surface area contributed by atoms with Gasteiger partial charge in [0.2, 0.25) is 5.91 Å². The molecule has 136 valence electrons. The van der Waals surface area contributed by atoms with Crippen molar-refractivity contribution in [2.75, 3.05) is 11.9 Å². The van der Waals surface area contributed by atoms with Crippen molar-refractivity contribution in [3.8, 4) is 16.2 Å². The van der Waals surface area contributed by atoms with E-state index >= 15 is 0 Å². The fraction of sp³-hybridized carbons (Fsp3) is 0.150. The summed E-state index contributed by atoms with van der Waals surface area (Å²) in [5.74, 6) is 0.489. The van der Waals surface area contributed by atoms with E-state index in [1.165, 1.54) is 11.3 Å². The van der Waals surface area contributed by atoms with Crippen molar-refractivity contribution < 1.29 is 14.3 Å². The number of anilines is 1. The summed E-state index contributed by atoms with van der Waals surface area (Å²) >= 11 is 1.45. The third kappa shape index (κ3) is 3.83.